The Balaban J connectivity index is 0.863. The zero-order valence-corrected chi connectivity index (χ0v) is 34.4. The van der Waals surface area contributed by atoms with E-state index in [2.05, 4.69) is 30.9 Å². The number of hydrogen-bond acceptors (Lipinski definition) is 13. The lowest BCUT2D eigenvalue weighted by Crippen LogP contribution is -2.33. The van der Waals surface area contributed by atoms with Gasteiger partial charge in [-0.15, -0.1) is 0 Å². The fourth-order valence-corrected chi connectivity index (χ4v) is 7.53. The van der Waals surface area contributed by atoms with Crippen LogP contribution in [-0.4, -0.2) is 107 Å². The highest BCUT2D eigenvalue weighted by Gasteiger charge is 2.44. The summed E-state index contributed by atoms with van der Waals surface area (Å²) >= 11 is 0. The predicted molar refractivity (Wildman–Crippen MR) is 224 cm³/mol. The number of carbonyl (C=O) groups is 1. The molecule has 58 heavy (non-hydrogen) atoms. The third-order valence-electron chi connectivity index (χ3n) is 11.1. The van der Waals surface area contributed by atoms with Crippen LogP contribution >= 0.6 is 0 Å². The molecule has 3 aromatic rings. The van der Waals surface area contributed by atoms with Gasteiger partial charge in [-0.2, -0.15) is 0 Å². The Morgan fingerprint density at radius 3 is 1.98 bits per heavy atom. The minimum Gasteiger partial charge on any atom is -0.508 e. The first kappa shape index (κ1) is 47.2. The highest BCUT2D eigenvalue weighted by molar-refractivity contribution is 5.82. The van der Waals surface area contributed by atoms with Crippen LogP contribution in [0, 0.1) is 0 Å². The fourth-order valence-electron chi connectivity index (χ4n) is 7.53. The van der Waals surface area contributed by atoms with E-state index in [1.54, 1.807) is 16.7 Å². The van der Waals surface area contributed by atoms with Crippen molar-refractivity contribution in [2.75, 3.05) is 38.1 Å². The average Bonchev–Trinajstić information content (AvgIpc) is 3.79. The number of aromatic hydroxyl groups is 1. The Labute approximate surface area is 344 Å². The van der Waals surface area contributed by atoms with Crippen LogP contribution in [0.15, 0.2) is 30.9 Å². The summed E-state index contributed by atoms with van der Waals surface area (Å²) in [4.78, 5) is 25.3. The van der Waals surface area contributed by atoms with Gasteiger partial charge in [0.2, 0.25) is 5.91 Å². The van der Waals surface area contributed by atoms with Crippen molar-refractivity contribution < 1.29 is 40.2 Å². The average molecular weight is 814 g/mol. The number of aliphatic hydroxyl groups is 5. The molecule has 1 unspecified atom stereocenters. The van der Waals surface area contributed by atoms with E-state index in [1.807, 2.05) is 0 Å². The van der Waals surface area contributed by atoms with Gasteiger partial charge in [-0.05, 0) is 49.9 Å². The lowest BCUT2D eigenvalue weighted by Gasteiger charge is -2.16. The summed E-state index contributed by atoms with van der Waals surface area (Å²) in [6, 6.07) is 4.83. The van der Waals surface area contributed by atoms with Gasteiger partial charge >= 0.3 is 0 Å². The van der Waals surface area contributed by atoms with E-state index >= 15 is 0 Å². The summed E-state index contributed by atoms with van der Waals surface area (Å²) < 4.78 is 7.20. The first-order valence-corrected chi connectivity index (χ1v) is 22.0. The number of nitrogens with zero attached hydrogens (tertiary/aromatic N) is 4. The van der Waals surface area contributed by atoms with Crippen molar-refractivity contribution in [3.63, 3.8) is 0 Å². The maximum atomic E-state index is 12.2. The second-order valence-corrected chi connectivity index (χ2v) is 15.8. The van der Waals surface area contributed by atoms with Crippen molar-refractivity contribution in [1.29, 1.82) is 0 Å². The number of aliphatic hydroxyl groups excluding tert-OH is 5. The number of fused-ring (bicyclic) bond motifs is 1. The number of ether oxygens (including phenoxy) is 1. The number of nitrogens with one attached hydrogen (secondary N) is 3. The number of carbonyl (C=O) groups excluding carboxylic acids is 1. The van der Waals surface area contributed by atoms with Crippen molar-refractivity contribution in [2.45, 2.75) is 166 Å². The number of hydrogen-bond donors (Lipinski definition) is 9. The minimum atomic E-state index is -1.20. The summed E-state index contributed by atoms with van der Waals surface area (Å²) in [7, 11) is 0. The molecular formula is C43H71N7O8. The van der Waals surface area contributed by atoms with Crippen LogP contribution in [0.4, 0.5) is 5.82 Å². The molecular weight excluding hydrogens is 743 g/mol. The Morgan fingerprint density at radius 1 is 0.759 bits per heavy atom. The van der Waals surface area contributed by atoms with E-state index < -0.39 is 37.3 Å². The predicted octanol–water partition coefficient (Wildman–Crippen LogP) is 5.29. The molecule has 1 fully saturated rings. The maximum Gasteiger partial charge on any atom is 0.219 e. The van der Waals surface area contributed by atoms with Crippen LogP contribution < -0.4 is 16.0 Å². The van der Waals surface area contributed by atoms with Crippen molar-refractivity contribution in [2.24, 2.45) is 0 Å². The third-order valence-corrected chi connectivity index (χ3v) is 11.1. The van der Waals surface area contributed by atoms with Crippen molar-refractivity contribution in [1.82, 2.24) is 30.2 Å². The standard InChI is InChI=1S/C43H71N7O8/c51-28-33-26-32(21-22-34(33)53)35(54)27-44-23-17-13-9-5-3-4-8-12-16-20-37(55)45-24-18-14-10-6-1-2-7-11-15-19-25-46-41-38-42(48-30-47-41)50(31-49-38)43-40(57)39(56)36(29-52)58-43/h21-22,26,30-31,35-36,39-40,43-44,51-54,56-57H,1-20,23-25,27-29H2,(H,45,55)(H,46,47,48)/t35?,36-,39-,40-,43-/m1/s1. The molecule has 5 atom stereocenters. The molecule has 1 aromatic carbocycles. The summed E-state index contributed by atoms with van der Waals surface area (Å²) in [5.74, 6) is 0.844. The molecule has 15 nitrogen and oxygen atoms in total. The topological polar surface area (TPSA) is 227 Å². The van der Waals surface area contributed by atoms with Gasteiger partial charge in [0.05, 0.1) is 25.6 Å². The van der Waals surface area contributed by atoms with Gasteiger partial charge in [0.25, 0.3) is 0 Å². The van der Waals surface area contributed by atoms with Crippen LogP contribution in [0.1, 0.15) is 152 Å². The van der Waals surface area contributed by atoms with Gasteiger partial charge in [0.15, 0.2) is 23.2 Å². The number of unbranched alkanes of at least 4 members (excludes halogenated alkanes) is 17. The number of imidazole rings is 1. The van der Waals surface area contributed by atoms with Crippen LogP contribution in [0.3, 0.4) is 0 Å². The molecule has 326 valence electrons. The second kappa shape index (κ2) is 27.3. The number of phenols is 1. The third kappa shape index (κ3) is 16.0. The largest absolute Gasteiger partial charge is 0.508 e. The molecule has 1 aliphatic heterocycles. The number of amides is 1. The van der Waals surface area contributed by atoms with Crippen LogP contribution in [0.5, 0.6) is 5.75 Å². The molecule has 0 aliphatic carbocycles. The quantitative estimate of drug-likeness (QED) is 0.0366. The summed E-state index contributed by atoms with van der Waals surface area (Å²) in [6.45, 7) is 2.20. The molecule has 0 radical (unpaired) electrons. The second-order valence-electron chi connectivity index (χ2n) is 15.8. The molecule has 0 saturated carbocycles. The Hall–Kier alpha value is -3.44. The maximum absolute atomic E-state index is 12.2. The molecule has 4 rings (SSSR count). The Morgan fingerprint density at radius 2 is 1.36 bits per heavy atom. The number of aromatic nitrogens is 4. The van der Waals surface area contributed by atoms with Crippen LogP contribution in [-0.2, 0) is 16.1 Å². The lowest BCUT2D eigenvalue weighted by atomic mass is 10.0. The van der Waals surface area contributed by atoms with Gasteiger partial charge in [-0.25, -0.2) is 15.0 Å². The fraction of sp³-hybridized carbons (Fsp3) is 0.721. The van der Waals surface area contributed by atoms with E-state index in [0.717, 1.165) is 64.6 Å². The zero-order valence-electron chi connectivity index (χ0n) is 34.4. The normalized spacial score (nSPS) is 18.6. The monoisotopic (exact) mass is 814 g/mol. The van der Waals surface area contributed by atoms with E-state index in [9.17, 15) is 35.4 Å². The first-order valence-electron chi connectivity index (χ1n) is 22.0. The molecule has 9 N–H and O–H groups in total. The minimum absolute atomic E-state index is 0.0424. The van der Waals surface area contributed by atoms with E-state index in [-0.39, 0.29) is 18.3 Å². The highest BCUT2D eigenvalue weighted by Crippen LogP contribution is 2.32. The van der Waals surface area contributed by atoms with Crippen LogP contribution in [0.2, 0.25) is 0 Å². The van der Waals surface area contributed by atoms with Crippen molar-refractivity contribution in [3.8, 4) is 5.75 Å². The van der Waals surface area contributed by atoms with Crippen LogP contribution in [0.25, 0.3) is 11.2 Å². The summed E-state index contributed by atoms with van der Waals surface area (Å²) in [5.41, 5.74) is 2.16. The first-order chi connectivity index (χ1) is 28.3. The molecule has 3 heterocycles. The molecule has 0 spiro atoms. The molecule has 2 aromatic heterocycles. The van der Waals surface area contributed by atoms with E-state index in [4.69, 9.17) is 4.74 Å². The van der Waals surface area contributed by atoms with Gasteiger partial charge in [0, 0.05) is 31.6 Å². The number of rotatable bonds is 32. The number of anilines is 1. The molecule has 0 bridgehead atoms. The van der Waals surface area contributed by atoms with Crippen molar-refractivity contribution in [3.05, 3.63) is 42.0 Å². The molecule has 1 aliphatic rings. The zero-order chi connectivity index (χ0) is 41.4. The van der Waals surface area contributed by atoms with E-state index in [1.165, 1.54) is 95.8 Å². The molecule has 15 heteroatoms. The SMILES string of the molecule is O=C(CCCCCCCCCCCNCC(O)c1ccc(O)c(CO)c1)NCCCCCCCCCCCCNc1ncnc2c1ncn2[C@@H]1O[C@H](CO)[C@@H](O)[C@H]1O. The molecule has 1 amide bonds. The summed E-state index contributed by atoms with van der Waals surface area (Å²) in [5, 5.41) is 68.9. The Bertz CT molecular complexity index is 1580. The van der Waals surface area contributed by atoms with Gasteiger partial charge in [0.1, 0.15) is 30.4 Å². The van der Waals surface area contributed by atoms with Gasteiger partial charge in [-0.1, -0.05) is 102 Å². The van der Waals surface area contributed by atoms with Gasteiger partial charge < -0.3 is 51.3 Å². The smallest absolute Gasteiger partial charge is 0.219 e. The number of benzene rings is 1. The van der Waals surface area contributed by atoms with E-state index in [0.29, 0.717) is 41.1 Å². The lowest BCUT2D eigenvalue weighted by molar-refractivity contribution is -0.121. The van der Waals surface area contributed by atoms with Crippen molar-refractivity contribution >= 4 is 22.9 Å². The highest BCUT2D eigenvalue weighted by atomic mass is 16.6. The Kier molecular flexibility index (Phi) is 22.3. The summed E-state index contributed by atoms with van der Waals surface area (Å²) in [6.07, 6.45) is 20.9. The van der Waals surface area contributed by atoms with Gasteiger partial charge in [-0.3, -0.25) is 9.36 Å². The molecule has 1 saturated heterocycles.